The van der Waals surface area contributed by atoms with Crippen molar-refractivity contribution in [1.82, 2.24) is 9.13 Å². The first-order chi connectivity index (χ1) is 29.8. The molecule has 0 unspecified atom stereocenters. The fourth-order valence-electron chi connectivity index (χ4n) is 11.7. The second kappa shape index (κ2) is 11.0. The van der Waals surface area contributed by atoms with Crippen LogP contribution < -0.4 is 21.3 Å². The van der Waals surface area contributed by atoms with Crippen molar-refractivity contribution in [2.45, 2.75) is 0 Å². The van der Waals surface area contributed by atoms with E-state index in [0.29, 0.717) is 0 Å². The van der Waals surface area contributed by atoms with Gasteiger partial charge in [-0.2, -0.15) is 0 Å². The van der Waals surface area contributed by atoms with Gasteiger partial charge in [0.15, 0.2) is 0 Å². The Morgan fingerprint density at radius 3 is 1.88 bits per heavy atom. The minimum Gasteiger partial charge on any atom is -0.311 e. The summed E-state index contributed by atoms with van der Waals surface area (Å²) < 4.78 is 5.17. The molecule has 10 aromatic carbocycles. The molecular weight excluding hydrogens is 725 g/mol. The molecule has 4 heteroatoms. The van der Waals surface area contributed by atoms with Gasteiger partial charge < -0.3 is 14.0 Å². The molecule has 4 heterocycles. The van der Waals surface area contributed by atoms with E-state index in [1.807, 2.05) is 0 Å². The SMILES string of the molecule is c1ccc(N2c3ccccc3B3c4c2cc(-n2c5ccccc5c5c6ccccc6ccc52)cc4-n2c4ccc5cccc6c5c4c4c(ccc3c42)-c2ccccc2-6)cc1. The van der Waals surface area contributed by atoms with E-state index in [2.05, 4.69) is 208 Å². The van der Waals surface area contributed by atoms with Crippen LogP contribution in [0.1, 0.15) is 0 Å². The number of fused-ring (bicyclic) bond motifs is 13. The number of anilines is 3. The van der Waals surface area contributed by atoms with Crippen molar-refractivity contribution in [3.05, 3.63) is 194 Å². The lowest BCUT2D eigenvalue weighted by atomic mass is 9.33. The molecule has 3 nitrogen and oxygen atoms in total. The smallest absolute Gasteiger partial charge is 0.252 e. The fraction of sp³-hybridized carbons (Fsp3) is 0. The Morgan fingerprint density at radius 2 is 1.00 bits per heavy atom. The van der Waals surface area contributed by atoms with E-state index in [0.717, 1.165) is 11.4 Å². The molecule has 0 atom stereocenters. The molecule has 2 aromatic heterocycles. The van der Waals surface area contributed by atoms with Gasteiger partial charge in [0, 0.05) is 44.3 Å². The molecule has 0 fully saturated rings. The van der Waals surface area contributed by atoms with Crippen LogP contribution in [-0.2, 0) is 0 Å². The van der Waals surface area contributed by atoms with Gasteiger partial charge in [0.1, 0.15) is 0 Å². The van der Waals surface area contributed by atoms with Gasteiger partial charge in [-0.3, -0.25) is 0 Å². The van der Waals surface area contributed by atoms with Gasteiger partial charge in [0.05, 0.1) is 27.8 Å². The number of nitrogens with zero attached hydrogens (tertiary/aromatic N) is 3. The first kappa shape index (κ1) is 31.2. The highest BCUT2D eigenvalue weighted by molar-refractivity contribution is 7.00. The topological polar surface area (TPSA) is 13.1 Å². The Bertz CT molecular complexity index is 3910. The Balaban J connectivity index is 1.17. The van der Waals surface area contributed by atoms with Crippen LogP contribution in [0, 0.1) is 0 Å². The van der Waals surface area contributed by atoms with Crippen LogP contribution >= 0.6 is 0 Å². The van der Waals surface area contributed by atoms with Crippen molar-refractivity contribution in [2.75, 3.05) is 4.90 Å². The second-order valence-corrected chi connectivity index (χ2v) is 16.8. The molecular formula is C56H32BN3. The van der Waals surface area contributed by atoms with Gasteiger partial charge >= 0.3 is 0 Å². The van der Waals surface area contributed by atoms with Crippen molar-refractivity contribution in [1.29, 1.82) is 0 Å². The number of para-hydroxylation sites is 3. The van der Waals surface area contributed by atoms with Gasteiger partial charge in [-0.25, -0.2) is 0 Å². The quantitative estimate of drug-likeness (QED) is 0.160. The van der Waals surface area contributed by atoms with Crippen LogP contribution in [0.5, 0.6) is 0 Å². The normalized spacial score (nSPS) is 13.3. The average molecular weight is 758 g/mol. The predicted octanol–water partition coefficient (Wildman–Crippen LogP) is 12.4. The number of benzene rings is 10. The maximum atomic E-state index is 2.65. The molecule has 0 N–H and O–H groups in total. The monoisotopic (exact) mass is 757 g/mol. The summed E-state index contributed by atoms with van der Waals surface area (Å²) in [5.41, 5.74) is 20.2. The highest BCUT2D eigenvalue weighted by Gasteiger charge is 2.43. The third-order valence-corrected chi connectivity index (χ3v) is 14.0. The maximum Gasteiger partial charge on any atom is 0.252 e. The third-order valence-electron chi connectivity index (χ3n) is 14.0. The summed E-state index contributed by atoms with van der Waals surface area (Å²) in [4.78, 5) is 2.52. The molecule has 1 aliphatic carbocycles. The van der Waals surface area contributed by atoms with E-state index >= 15 is 0 Å². The maximum absolute atomic E-state index is 2.65. The number of aromatic nitrogens is 2. The minimum atomic E-state index is 0.0393. The second-order valence-electron chi connectivity index (χ2n) is 16.8. The fourth-order valence-corrected chi connectivity index (χ4v) is 11.7. The zero-order valence-corrected chi connectivity index (χ0v) is 32.4. The van der Waals surface area contributed by atoms with Crippen LogP contribution in [0.3, 0.4) is 0 Å². The molecule has 0 spiro atoms. The van der Waals surface area contributed by atoms with Gasteiger partial charge in [0.2, 0.25) is 0 Å². The first-order valence-electron chi connectivity index (χ1n) is 21.0. The van der Waals surface area contributed by atoms with Crippen molar-refractivity contribution < 1.29 is 0 Å². The van der Waals surface area contributed by atoms with Gasteiger partial charge in [-0.05, 0) is 109 Å². The summed E-state index contributed by atoms with van der Waals surface area (Å²) in [6.45, 7) is 0.0393. The lowest BCUT2D eigenvalue weighted by Crippen LogP contribution is -2.60. The van der Waals surface area contributed by atoms with Crippen molar-refractivity contribution in [2.24, 2.45) is 0 Å². The lowest BCUT2D eigenvalue weighted by Gasteiger charge is -2.40. The Hall–Kier alpha value is -7.82. The summed E-state index contributed by atoms with van der Waals surface area (Å²) in [6.07, 6.45) is 0. The standard InChI is InChI=1S/C56H32BN3/c1-2-15-35(16-3-1)58-46-24-11-9-22-43(46)57-44-28-27-41-39-19-7-6-18-38(39)40-21-12-14-34-26-30-48-54(51(34)40)53(41)56(44)60(48)50-32-36(31-49(58)55(50)57)59-45-23-10-8-20-42(45)52-37-17-5-4-13-33(37)25-29-47(52)59/h1-32H. The van der Waals surface area contributed by atoms with Crippen LogP contribution in [0.25, 0.3) is 98.8 Å². The van der Waals surface area contributed by atoms with Gasteiger partial charge in [0.25, 0.3) is 6.71 Å². The van der Waals surface area contributed by atoms with Crippen LogP contribution in [-0.4, -0.2) is 15.8 Å². The molecule has 0 bridgehead atoms. The van der Waals surface area contributed by atoms with E-state index < -0.39 is 0 Å². The summed E-state index contributed by atoms with van der Waals surface area (Å²) in [7, 11) is 0. The average Bonchev–Trinajstić information content (AvgIpc) is 3.81. The van der Waals surface area contributed by atoms with Crippen molar-refractivity contribution in [3.63, 3.8) is 0 Å². The zero-order chi connectivity index (χ0) is 38.8. The molecule has 0 saturated heterocycles. The summed E-state index contributed by atoms with van der Waals surface area (Å²) in [6, 6.07) is 73.0. The highest BCUT2D eigenvalue weighted by Crippen LogP contribution is 2.51. The molecule has 0 amide bonds. The van der Waals surface area contributed by atoms with Gasteiger partial charge in [-0.1, -0.05) is 146 Å². The molecule has 12 aromatic rings. The van der Waals surface area contributed by atoms with E-state index in [9.17, 15) is 0 Å². The van der Waals surface area contributed by atoms with Crippen molar-refractivity contribution >= 4 is 105 Å². The largest absolute Gasteiger partial charge is 0.311 e. The highest BCUT2D eigenvalue weighted by atomic mass is 15.2. The lowest BCUT2D eigenvalue weighted by molar-refractivity contribution is 1.13. The van der Waals surface area contributed by atoms with E-state index in [1.54, 1.807) is 0 Å². The molecule has 60 heavy (non-hydrogen) atoms. The molecule has 274 valence electrons. The molecule has 0 saturated carbocycles. The summed E-state index contributed by atoms with van der Waals surface area (Å²) in [5.74, 6) is 0. The molecule has 2 aliphatic heterocycles. The summed E-state index contributed by atoms with van der Waals surface area (Å²) in [5, 5.41) is 10.4. The molecule has 0 radical (unpaired) electrons. The van der Waals surface area contributed by atoms with Crippen LogP contribution in [0.2, 0.25) is 0 Å². The Morgan fingerprint density at radius 1 is 0.333 bits per heavy atom. The summed E-state index contributed by atoms with van der Waals surface area (Å²) >= 11 is 0. The Labute approximate surface area is 345 Å². The van der Waals surface area contributed by atoms with E-state index in [-0.39, 0.29) is 6.71 Å². The van der Waals surface area contributed by atoms with Gasteiger partial charge in [-0.15, -0.1) is 0 Å². The molecule has 3 aliphatic rings. The predicted molar refractivity (Wildman–Crippen MR) is 254 cm³/mol. The first-order valence-corrected chi connectivity index (χ1v) is 21.0. The van der Waals surface area contributed by atoms with Crippen LogP contribution in [0.15, 0.2) is 194 Å². The Kier molecular flexibility index (Phi) is 5.73. The molecule has 15 rings (SSSR count). The van der Waals surface area contributed by atoms with E-state index in [1.165, 1.54) is 121 Å². The number of hydrogen-bond donors (Lipinski definition) is 0. The minimum absolute atomic E-state index is 0.0393. The number of hydrogen-bond acceptors (Lipinski definition) is 1. The zero-order valence-electron chi connectivity index (χ0n) is 32.4. The number of rotatable bonds is 2. The van der Waals surface area contributed by atoms with Crippen LogP contribution in [0.4, 0.5) is 17.1 Å². The van der Waals surface area contributed by atoms with E-state index in [4.69, 9.17) is 0 Å². The third kappa shape index (κ3) is 3.70. The van der Waals surface area contributed by atoms with Crippen molar-refractivity contribution in [3.8, 4) is 33.6 Å².